The molecular formula is C44H53ClN6O6S2. The van der Waals surface area contributed by atoms with Gasteiger partial charge in [-0.25, -0.2) is 8.42 Å². The van der Waals surface area contributed by atoms with Crippen LogP contribution in [-0.4, -0.2) is 105 Å². The van der Waals surface area contributed by atoms with Gasteiger partial charge in [0.1, 0.15) is 12.3 Å². The number of nitrogens with two attached hydrogens (primary N) is 1. The number of fused-ring (bicyclic) bond motifs is 3. The average molecular weight is 862 g/mol. The van der Waals surface area contributed by atoms with E-state index < -0.39 is 22.0 Å². The number of sulfonamides is 1. The second kappa shape index (κ2) is 19.8. The number of nitrogens with one attached hydrogen (secondary N) is 2. The number of piperidine rings is 1. The van der Waals surface area contributed by atoms with Gasteiger partial charge in [0.2, 0.25) is 27.7 Å². The summed E-state index contributed by atoms with van der Waals surface area (Å²) in [6.45, 7) is 5.63. The number of carbonyl (C=O) groups excluding carboxylic acids is 4. The number of hydrogen-bond donors (Lipinski definition) is 3. The van der Waals surface area contributed by atoms with Crippen molar-refractivity contribution in [3.63, 3.8) is 0 Å². The first kappa shape index (κ1) is 44.2. The molecule has 2 heterocycles. The first-order valence-corrected chi connectivity index (χ1v) is 22.9. The lowest BCUT2D eigenvalue weighted by Crippen LogP contribution is -2.56. The van der Waals surface area contributed by atoms with E-state index >= 15 is 0 Å². The zero-order valence-electron chi connectivity index (χ0n) is 33.7. The van der Waals surface area contributed by atoms with Crippen LogP contribution in [0.5, 0.6) is 0 Å². The van der Waals surface area contributed by atoms with Gasteiger partial charge in [0.25, 0.3) is 0 Å². The highest BCUT2D eigenvalue weighted by Crippen LogP contribution is 2.45. The summed E-state index contributed by atoms with van der Waals surface area (Å²) in [6.07, 6.45) is 6.87. The lowest BCUT2D eigenvalue weighted by molar-refractivity contribution is -0.139. The average Bonchev–Trinajstić information content (AvgIpc) is 3.88. The molecule has 3 unspecified atom stereocenters. The maximum Gasteiger partial charge on any atom is 0.241 e. The van der Waals surface area contributed by atoms with E-state index in [1.54, 1.807) is 18.2 Å². The molecule has 3 amide bonds. The number of benzene rings is 4. The number of carbonyl (C=O) groups is 4. The number of aldehydes is 1. The Balaban J connectivity index is 0.000000379. The molecular weight excluding hydrogens is 808 g/mol. The lowest BCUT2D eigenvalue weighted by atomic mass is 10.1. The van der Waals surface area contributed by atoms with E-state index in [0.717, 1.165) is 69.3 Å². The highest BCUT2D eigenvalue weighted by Gasteiger charge is 2.50. The molecule has 3 aliphatic rings. The highest BCUT2D eigenvalue weighted by molar-refractivity contribution is 7.97. The smallest absolute Gasteiger partial charge is 0.241 e. The lowest BCUT2D eigenvalue weighted by Gasteiger charge is -2.33. The van der Waals surface area contributed by atoms with Crippen molar-refractivity contribution in [2.75, 3.05) is 39.8 Å². The van der Waals surface area contributed by atoms with Crippen LogP contribution in [0, 0.1) is 5.92 Å². The van der Waals surface area contributed by atoms with Gasteiger partial charge in [-0.1, -0.05) is 67.9 Å². The quantitative estimate of drug-likeness (QED) is 0.0589. The molecule has 0 bridgehead atoms. The number of likely N-dealkylation sites (tertiary alicyclic amines) is 1. The third kappa shape index (κ3) is 11.3. The number of unbranched alkanes of at least 4 members (excludes halogenated alkanes) is 2. The number of nitrogens with zero attached hydrogens (tertiary/aromatic N) is 3. The van der Waals surface area contributed by atoms with E-state index in [2.05, 4.69) is 30.0 Å². The molecule has 314 valence electrons. The van der Waals surface area contributed by atoms with Crippen LogP contribution in [-0.2, 0) is 35.6 Å². The van der Waals surface area contributed by atoms with Crippen molar-refractivity contribution in [1.82, 2.24) is 24.7 Å². The second-order valence-corrected chi connectivity index (χ2v) is 18.4. The molecule has 1 aliphatic carbocycles. The minimum Gasteiger partial charge on any atom is -0.347 e. The second-order valence-electron chi connectivity index (χ2n) is 15.6. The summed E-state index contributed by atoms with van der Waals surface area (Å²) in [4.78, 5) is 56.6. The third-order valence-corrected chi connectivity index (χ3v) is 13.4. The van der Waals surface area contributed by atoms with Crippen LogP contribution in [0.2, 0.25) is 5.02 Å². The van der Waals surface area contributed by atoms with E-state index in [-0.39, 0.29) is 47.8 Å². The molecule has 59 heavy (non-hydrogen) atoms. The fraction of sp³-hybridized carbons (Fsp3) is 0.409. The summed E-state index contributed by atoms with van der Waals surface area (Å²) >= 11 is 7.12. The Morgan fingerprint density at radius 2 is 1.71 bits per heavy atom. The molecule has 15 heteroatoms. The summed E-state index contributed by atoms with van der Waals surface area (Å²) < 4.78 is 29.1. The fourth-order valence-electron chi connectivity index (χ4n) is 7.88. The summed E-state index contributed by atoms with van der Waals surface area (Å²) in [5.41, 5.74) is 2.29. The fourth-order valence-corrected chi connectivity index (χ4v) is 9.66. The molecule has 12 nitrogen and oxygen atoms in total. The van der Waals surface area contributed by atoms with Crippen molar-refractivity contribution >= 4 is 79.1 Å². The van der Waals surface area contributed by atoms with Crippen LogP contribution in [0.3, 0.4) is 0 Å². The van der Waals surface area contributed by atoms with Gasteiger partial charge >= 0.3 is 0 Å². The predicted octanol–water partition coefficient (Wildman–Crippen LogP) is 5.70. The minimum atomic E-state index is -3.97. The van der Waals surface area contributed by atoms with Crippen LogP contribution in [0.1, 0.15) is 51.5 Å². The Hall–Kier alpha value is -4.31. The Kier molecular flexibility index (Phi) is 14.9. The van der Waals surface area contributed by atoms with Gasteiger partial charge in [-0.2, -0.15) is 4.72 Å². The summed E-state index contributed by atoms with van der Waals surface area (Å²) in [5.74, 6) is -0.552. The van der Waals surface area contributed by atoms with E-state index in [1.807, 2.05) is 71.5 Å². The number of aryl methyl sites for hydroxylation is 1. The largest absolute Gasteiger partial charge is 0.347 e. The Bertz CT molecular complexity index is 2340. The number of likely N-dealkylation sites (N-methyl/N-ethyl adjacent to an activating group) is 1. The first-order valence-electron chi connectivity index (χ1n) is 20.1. The maximum absolute atomic E-state index is 13.3. The van der Waals surface area contributed by atoms with Gasteiger partial charge in [-0.3, -0.25) is 24.4 Å². The Morgan fingerprint density at radius 3 is 2.47 bits per heavy atom. The van der Waals surface area contributed by atoms with Gasteiger partial charge < -0.3 is 19.9 Å². The molecule has 7 rings (SSSR count). The summed E-state index contributed by atoms with van der Waals surface area (Å²) in [7, 11) is -2.08. The minimum absolute atomic E-state index is 0.00413. The van der Waals surface area contributed by atoms with Crippen LogP contribution in [0.15, 0.2) is 94.2 Å². The van der Waals surface area contributed by atoms with Crippen molar-refractivity contribution in [3.05, 3.63) is 95.0 Å². The van der Waals surface area contributed by atoms with E-state index in [0.29, 0.717) is 32.4 Å². The SMILES string of the molecule is CCc1ccc2cc(S(=O)(=O)N[C@H]3CCCN(CC(=O)NC4C=C5C(C)C5N(C(=O)CN(C)CCCCC=O)C4)C3=O)ccc2c1.NSc1ccc2cc(Cl)ccc2c1. The molecule has 0 radical (unpaired) electrons. The van der Waals surface area contributed by atoms with Crippen molar-refractivity contribution in [2.45, 2.75) is 80.3 Å². The molecule has 1 saturated carbocycles. The topological polar surface area (TPSA) is 162 Å². The van der Waals surface area contributed by atoms with E-state index in [1.165, 1.54) is 22.2 Å². The van der Waals surface area contributed by atoms with Gasteiger partial charge in [-0.15, -0.1) is 0 Å². The Labute approximate surface area is 356 Å². The van der Waals surface area contributed by atoms with E-state index in [9.17, 15) is 27.6 Å². The zero-order valence-corrected chi connectivity index (χ0v) is 36.1. The summed E-state index contributed by atoms with van der Waals surface area (Å²) in [6, 6.07) is 21.5. The van der Waals surface area contributed by atoms with Gasteiger partial charge in [-0.05, 0) is 127 Å². The summed E-state index contributed by atoms with van der Waals surface area (Å²) in [5, 5.41) is 13.3. The molecule has 4 atom stereocenters. The molecule has 2 fully saturated rings. The number of amides is 3. The third-order valence-electron chi connectivity index (χ3n) is 11.2. The van der Waals surface area contributed by atoms with Gasteiger partial charge in [0.05, 0.1) is 30.1 Å². The van der Waals surface area contributed by atoms with Crippen LogP contribution < -0.4 is 15.2 Å². The molecule has 4 aromatic carbocycles. The van der Waals surface area contributed by atoms with Gasteiger partial charge in [0.15, 0.2) is 0 Å². The predicted molar refractivity (Wildman–Crippen MR) is 234 cm³/mol. The van der Waals surface area contributed by atoms with E-state index in [4.69, 9.17) is 16.7 Å². The van der Waals surface area contributed by atoms with Crippen molar-refractivity contribution in [1.29, 1.82) is 0 Å². The Morgan fingerprint density at radius 1 is 1.00 bits per heavy atom. The molecule has 4 N–H and O–H groups in total. The maximum atomic E-state index is 13.3. The van der Waals surface area contributed by atoms with Crippen molar-refractivity contribution in [3.8, 4) is 0 Å². The van der Waals surface area contributed by atoms with Crippen LogP contribution in [0.25, 0.3) is 21.5 Å². The molecule has 4 aromatic rings. The monoisotopic (exact) mass is 860 g/mol. The van der Waals surface area contributed by atoms with Gasteiger partial charge in [0, 0.05) is 35.3 Å². The molecule has 1 saturated heterocycles. The molecule has 0 aromatic heterocycles. The number of hydrogen-bond acceptors (Lipinski definition) is 9. The standard InChI is InChI=1S/C34H45N5O6S.C10H8ClNS/c1-4-24-10-11-26-18-28(13-12-25(26)17-24)46(44,45)36-30-9-8-15-38(34(30)43)21-31(41)35-27-19-29-23(2)33(29)39(20-27)32(42)22-37(3)14-6-5-7-16-40;11-9-3-1-8-6-10(13-12)4-2-7(8)5-9/h10-13,16-19,23,27,30,33,36H,4-9,14-15,20-22H2,1-3H3,(H,35,41);1-6H,12H2/t23?,27?,30-,33?;/m0./s1. The van der Waals surface area contributed by atoms with Crippen molar-refractivity contribution in [2.24, 2.45) is 11.1 Å². The normalized spacial score (nSPS) is 20.2. The van der Waals surface area contributed by atoms with Crippen LogP contribution >= 0.6 is 23.5 Å². The van der Waals surface area contributed by atoms with Crippen molar-refractivity contribution < 1.29 is 27.6 Å². The molecule has 2 aliphatic heterocycles. The van der Waals surface area contributed by atoms with Crippen LogP contribution in [0.4, 0.5) is 0 Å². The first-order chi connectivity index (χ1) is 28.3. The zero-order chi connectivity index (χ0) is 42.3. The number of halogens is 1. The number of rotatable bonds is 15. The highest BCUT2D eigenvalue weighted by atomic mass is 35.5. The molecule has 0 spiro atoms.